The van der Waals surface area contributed by atoms with Crippen molar-refractivity contribution in [3.63, 3.8) is 0 Å². The molecule has 4 heteroatoms. The molecule has 0 amide bonds. The maximum atomic E-state index is 12.6. The van der Waals surface area contributed by atoms with Gasteiger partial charge in [-0.15, -0.1) is 0 Å². The molecular weight excluding hydrogens is 280 g/mol. The molecule has 0 N–H and O–H groups in total. The highest BCUT2D eigenvalue weighted by molar-refractivity contribution is 5.83. The molecule has 0 bridgehead atoms. The standard InChI is InChI=1S/C18H28O4/c1-6-21-17(20)15-13-9-7-8-12(13)11(2)10-14(15)16(19)22-18(3,4)5/h12-15H,2,6-10H2,1,3-5H3/t12-,13-,14+,15+/m0/s1. The van der Waals surface area contributed by atoms with Crippen molar-refractivity contribution in [2.75, 3.05) is 6.61 Å². The SMILES string of the molecule is C=C1C[C@@H](C(=O)OC(C)(C)C)[C@H](C(=O)OCC)[C@H]2CCC[C@@H]12. The Balaban J connectivity index is 2.25. The summed E-state index contributed by atoms with van der Waals surface area (Å²) in [6, 6.07) is 0. The van der Waals surface area contributed by atoms with Gasteiger partial charge in [0, 0.05) is 0 Å². The first-order valence-electron chi connectivity index (χ1n) is 8.31. The third-order valence-corrected chi connectivity index (χ3v) is 4.74. The molecule has 0 aliphatic heterocycles. The molecule has 0 heterocycles. The maximum Gasteiger partial charge on any atom is 0.310 e. The molecular formula is C18H28O4. The maximum absolute atomic E-state index is 12.6. The highest BCUT2D eigenvalue weighted by Gasteiger charge is 2.51. The van der Waals surface area contributed by atoms with E-state index in [4.69, 9.17) is 9.47 Å². The molecule has 2 saturated carbocycles. The van der Waals surface area contributed by atoms with Crippen molar-refractivity contribution in [3.05, 3.63) is 12.2 Å². The molecule has 22 heavy (non-hydrogen) atoms. The minimum atomic E-state index is -0.551. The van der Waals surface area contributed by atoms with E-state index < -0.39 is 11.5 Å². The van der Waals surface area contributed by atoms with E-state index in [1.165, 1.54) is 0 Å². The first-order valence-corrected chi connectivity index (χ1v) is 8.31. The Hall–Kier alpha value is -1.32. The zero-order valence-electron chi connectivity index (χ0n) is 14.2. The summed E-state index contributed by atoms with van der Waals surface area (Å²) in [5, 5.41) is 0. The molecule has 2 aliphatic carbocycles. The average molecular weight is 308 g/mol. The van der Waals surface area contributed by atoms with Crippen LogP contribution in [0.1, 0.15) is 53.4 Å². The summed E-state index contributed by atoms with van der Waals surface area (Å²) in [6.07, 6.45) is 3.66. The van der Waals surface area contributed by atoms with Crippen molar-refractivity contribution < 1.29 is 19.1 Å². The lowest BCUT2D eigenvalue weighted by molar-refractivity contribution is -0.172. The Morgan fingerprint density at radius 1 is 1.23 bits per heavy atom. The lowest BCUT2D eigenvalue weighted by Gasteiger charge is -2.39. The molecule has 2 fully saturated rings. The van der Waals surface area contributed by atoms with Crippen LogP contribution >= 0.6 is 0 Å². The van der Waals surface area contributed by atoms with E-state index in [0.717, 1.165) is 24.8 Å². The van der Waals surface area contributed by atoms with E-state index in [1.807, 2.05) is 20.8 Å². The van der Waals surface area contributed by atoms with Gasteiger partial charge in [0.15, 0.2) is 0 Å². The van der Waals surface area contributed by atoms with Crippen molar-refractivity contribution in [1.29, 1.82) is 0 Å². The molecule has 4 nitrogen and oxygen atoms in total. The van der Waals surface area contributed by atoms with Crippen molar-refractivity contribution in [1.82, 2.24) is 0 Å². The number of allylic oxidation sites excluding steroid dienone is 1. The quantitative estimate of drug-likeness (QED) is 0.591. The highest BCUT2D eigenvalue weighted by atomic mass is 16.6. The summed E-state index contributed by atoms with van der Waals surface area (Å²) >= 11 is 0. The topological polar surface area (TPSA) is 52.6 Å². The van der Waals surface area contributed by atoms with E-state index in [-0.39, 0.29) is 23.8 Å². The molecule has 0 aromatic heterocycles. The van der Waals surface area contributed by atoms with Crippen LogP contribution in [0.4, 0.5) is 0 Å². The summed E-state index contributed by atoms with van der Waals surface area (Å²) in [5.41, 5.74) is 0.545. The Morgan fingerprint density at radius 3 is 2.50 bits per heavy atom. The van der Waals surface area contributed by atoms with Gasteiger partial charge in [-0.3, -0.25) is 9.59 Å². The van der Waals surface area contributed by atoms with E-state index in [1.54, 1.807) is 6.92 Å². The second-order valence-electron chi connectivity index (χ2n) is 7.48. The number of carbonyl (C=O) groups excluding carboxylic acids is 2. The van der Waals surface area contributed by atoms with Crippen LogP contribution in [-0.2, 0) is 19.1 Å². The number of rotatable bonds is 3. The van der Waals surface area contributed by atoms with Crippen LogP contribution in [0.3, 0.4) is 0 Å². The first kappa shape index (κ1) is 17.0. The molecule has 0 unspecified atom stereocenters. The van der Waals surface area contributed by atoms with Gasteiger partial charge in [0.05, 0.1) is 18.4 Å². The third-order valence-electron chi connectivity index (χ3n) is 4.74. The fourth-order valence-corrected chi connectivity index (χ4v) is 3.97. The number of hydrogen-bond donors (Lipinski definition) is 0. The van der Waals surface area contributed by atoms with Crippen molar-refractivity contribution in [3.8, 4) is 0 Å². The number of fused-ring (bicyclic) bond motifs is 1. The van der Waals surface area contributed by atoms with Crippen molar-refractivity contribution >= 4 is 11.9 Å². The number of carbonyl (C=O) groups is 2. The van der Waals surface area contributed by atoms with Crippen LogP contribution in [0.2, 0.25) is 0 Å². The molecule has 0 radical (unpaired) electrons. The molecule has 124 valence electrons. The lowest BCUT2D eigenvalue weighted by Crippen LogP contribution is -2.44. The lowest BCUT2D eigenvalue weighted by atomic mass is 9.66. The predicted octanol–water partition coefficient (Wildman–Crippen LogP) is 3.50. The van der Waals surface area contributed by atoms with Crippen LogP contribution < -0.4 is 0 Å². The Labute approximate surface area is 133 Å². The van der Waals surface area contributed by atoms with Gasteiger partial charge >= 0.3 is 11.9 Å². The third kappa shape index (κ3) is 3.53. The van der Waals surface area contributed by atoms with Crippen molar-refractivity contribution in [2.45, 2.75) is 59.0 Å². The Morgan fingerprint density at radius 2 is 1.91 bits per heavy atom. The van der Waals surface area contributed by atoms with Gasteiger partial charge in [0.25, 0.3) is 0 Å². The summed E-state index contributed by atoms with van der Waals surface area (Å²) in [7, 11) is 0. The molecule has 2 rings (SSSR count). The van der Waals surface area contributed by atoms with E-state index in [2.05, 4.69) is 6.58 Å². The number of ether oxygens (including phenoxy) is 2. The predicted molar refractivity (Wildman–Crippen MR) is 84.0 cm³/mol. The minimum Gasteiger partial charge on any atom is -0.466 e. The van der Waals surface area contributed by atoms with Crippen LogP contribution in [0.25, 0.3) is 0 Å². The van der Waals surface area contributed by atoms with Gasteiger partial charge in [0.1, 0.15) is 5.60 Å². The van der Waals surface area contributed by atoms with E-state index in [0.29, 0.717) is 18.9 Å². The zero-order chi connectivity index (χ0) is 16.5. The summed E-state index contributed by atoms with van der Waals surface area (Å²) < 4.78 is 10.8. The van der Waals surface area contributed by atoms with Gasteiger partial charge < -0.3 is 9.47 Å². The van der Waals surface area contributed by atoms with E-state index >= 15 is 0 Å². The number of esters is 2. The highest BCUT2D eigenvalue weighted by Crippen LogP contribution is 2.50. The summed E-state index contributed by atoms with van der Waals surface area (Å²) in [6.45, 7) is 11.9. The van der Waals surface area contributed by atoms with Gasteiger partial charge in [-0.25, -0.2) is 0 Å². The van der Waals surface area contributed by atoms with E-state index in [9.17, 15) is 9.59 Å². The molecule has 4 atom stereocenters. The van der Waals surface area contributed by atoms with Crippen molar-refractivity contribution in [2.24, 2.45) is 23.7 Å². The first-order chi connectivity index (χ1) is 10.2. The monoisotopic (exact) mass is 308 g/mol. The number of hydrogen-bond acceptors (Lipinski definition) is 4. The largest absolute Gasteiger partial charge is 0.466 e. The average Bonchev–Trinajstić information content (AvgIpc) is 2.86. The fraction of sp³-hybridized carbons (Fsp3) is 0.778. The van der Waals surface area contributed by atoms with Crippen LogP contribution in [0.5, 0.6) is 0 Å². The summed E-state index contributed by atoms with van der Waals surface area (Å²) in [5.74, 6) is -0.844. The molecule has 0 aromatic rings. The Bertz CT molecular complexity index is 460. The molecule has 0 aromatic carbocycles. The van der Waals surface area contributed by atoms with Gasteiger partial charge in [-0.1, -0.05) is 18.6 Å². The van der Waals surface area contributed by atoms with Gasteiger partial charge in [-0.2, -0.15) is 0 Å². The van der Waals surface area contributed by atoms with Crippen LogP contribution in [0.15, 0.2) is 12.2 Å². The Kier molecular flexibility index (Phi) is 4.98. The fourth-order valence-electron chi connectivity index (χ4n) is 3.97. The molecule has 2 aliphatic rings. The van der Waals surface area contributed by atoms with Crippen LogP contribution in [0, 0.1) is 23.7 Å². The minimum absolute atomic E-state index is 0.179. The second-order valence-corrected chi connectivity index (χ2v) is 7.48. The smallest absolute Gasteiger partial charge is 0.310 e. The van der Waals surface area contributed by atoms with Gasteiger partial charge in [0.2, 0.25) is 0 Å². The molecule has 0 saturated heterocycles. The zero-order valence-corrected chi connectivity index (χ0v) is 14.2. The second kappa shape index (κ2) is 6.43. The van der Waals surface area contributed by atoms with Crippen LogP contribution in [-0.4, -0.2) is 24.1 Å². The normalized spacial score (nSPS) is 31.5. The van der Waals surface area contributed by atoms with Gasteiger partial charge in [-0.05, 0) is 58.8 Å². The summed E-state index contributed by atoms with van der Waals surface area (Å²) in [4.78, 5) is 25.1. The molecule has 0 spiro atoms.